The summed E-state index contributed by atoms with van der Waals surface area (Å²) < 4.78 is 0. The minimum Gasteiger partial charge on any atom is -0.298 e. The summed E-state index contributed by atoms with van der Waals surface area (Å²) in [6.07, 6.45) is 3.31. The maximum atomic E-state index is 10.5. The molecule has 0 unspecified atom stereocenters. The predicted octanol–water partition coefficient (Wildman–Crippen LogP) is 0.247. The fourth-order valence-electron chi connectivity index (χ4n) is 0.621. The molecule has 0 radical (unpaired) electrons. The zero-order chi connectivity index (χ0) is 8.97. The lowest BCUT2D eigenvalue weighted by molar-refractivity contribution is -0.114. The minimum atomic E-state index is -0.242. The quantitative estimate of drug-likeness (QED) is 0.637. The van der Waals surface area contributed by atoms with Gasteiger partial charge in [0.25, 0.3) is 0 Å². The first-order valence-corrected chi connectivity index (χ1v) is 3.27. The molecule has 0 saturated heterocycles. The van der Waals surface area contributed by atoms with Crippen molar-refractivity contribution in [1.82, 2.24) is 9.97 Å². The highest BCUT2D eigenvalue weighted by molar-refractivity contribution is 5.86. The largest absolute Gasteiger partial charge is 0.298 e. The van der Waals surface area contributed by atoms with Crippen molar-refractivity contribution in [3.63, 3.8) is 0 Å². The number of hydrogen-bond donors (Lipinski definition) is 1. The molecule has 62 valence electrons. The third-order valence-electron chi connectivity index (χ3n) is 1.10. The van der Waals surface area contributed by atoms with E-state index in [1.54, 1.807) is 0 Å². The van der Waals surface area contributed by atoms with E-state index in [2.05, 4.69) is 15.3 Å². The summed E-state index contributed by atoms with van der Waals surface area (Å²) in [4.78, 5) is 28.1. The minimum absolute atomic E-state index is 0.202. The number of nitrogens with zero attached hydrogens (tertiary/aromatic N) is 2. The maximum Gasteiger partial charge on any atom is 0.229 e. The highest BCUT2D eigenvalue weighted by Crippen LogP contribution is 1.96. The molecule has 5 heteroatoms. The van der Waals surface area contributed by atoms with Crippen LogP contribution in [-0.4, -0.2) is 22.2 Å². The number of carbonyl (C=O) groups excluding carboxylic acids is 2. The second-order valence-electron chi connectivity index (χ2n) is 2.14. The summed E-state index contributed by atoms with van der Waals surface area (Å²) in [7, 11) is 0. The van der Waals surface area contributed by atoms with E-state index < -0.39 is 0 Å². The molecule has 0 atom stereocenters. The van der Waals surface area contributed by atoms with Gasteiger partial charge in [0.1, 0.15) is 0 Å². The topological polar surface area (TPSA) is 72.0 Å². The van der Waals surface area contributed by atoms with E-state index >= 15 is 0 Å². The van der Waals surface area contributed by atoms with Crippen molar-refractivity contribution in [2.24, 2.45) is 0 Å². The zero-order valence-electron chi connectivity index (χ0n) is 6.44. The Kier molecular flexibility index (Phi) is 2.47. The third kappa shape index (κ3) is 2.12. The standard InChI is InChI=1S/C7H7N3O2/c1-5(12)10-7-8-2-6(4-11)3-9-7/h2-4H,1H3,(H,8,9,10,12). The Balaban J connectivity index is 2.77. The van der Waals surface area contributed by atoms with E-state index in [0.717, 1.165) is 0 Å². The Hall–Kier alpha value is -1.78. The van der Waals surface area contributed by atoms with E-state index in [4.69, 9.17) is 0 Å². The van der Waals surface area contributed by atoms with Gasteiger partial charge in [0.2, 0.25) is 11.9 Å². The molecule has 0 bridgehead atoms. The SMILES string of the molecule is CC(=O)Nc1ncc(C=O)cn1. The summed E-state index contributed by atoms with van der Waals surface area (Å²) in [6.45, 7) is 1.36. The van der Waals surface area contributed by atoms with Crippen LogP contribution in [0, 0.1) is 0 Å². The van der Waals surface area contributed by atoms with Crippen molar-refractivity contribution < 1.29 is 9.59 Å². The smallest absolute Gasteiger partial charge is 0.229 e. The van der Waals surface area contributed by atoms with E-state index in [1.165, 1.54) is 19.3 Å². The van der Waals surface area contributed by atoms with E-state index in [1.807, 2.05) is 0 Å². The van der Waals surface area contributed by atoms with Crippen LogP contribution in [-0.2, 0) is 4.79 Å². The number of aldehydes is 1. The zero-order valence-corrected chi connectivity index (χ0v) is 6.44. The second kappa shape index (κ2) is 3.56. The Morgan fingerprint density at radius 1 is 1.50 bits per heavy atom. The van der Waals surface area contributed by atoms with Crippen LogP contribution >= 0.6 is 0 Å². The van der Waals surface area contributed by atoms with E-state index in [0.29, 0.717) is 11.8 Å². The molecule has 0 saturated carbocycles. The van der Waals surface area contributed by atoms with Gasteiger partial charge in [0.15, 0.2) is 6.29 Å². The van der Waals surface area contributed by atoms with Crippen LogP contribution in [0.5, 0.6) is 0 Å². The molecule has 1 N–H and O–H groups in total. The van der Waals surface area contributed by atoms with Gasteiger partial charge in [-0.05, 0) is 0 Å². The van der Waals surface area contributed by atoms with Crippen LogP contribution in [0.3, 0.4) is 0 Å². The summed E-state index contributed by atoms with van der Waals surface area (Å²) >= 11 is 0. The molecular formula is C7H7N3O2. The molecule has 5 nitrogen and oxygen atoms in total. The van der Waals surface area contributed by atoms with Gasteiger partial charge in [-0.1, -0.05) is 0 Å². The Labute approximate surface area is 68.8 Å². The van der Waals surface area contributed by atoms with Gasteiger partial charge in [-0.15, -0.1) is 0 Å². The van der Waals surface area contributed by atoms with Crippen LogP contribution in [0.25, 0.3) is 0 Å². The molecule has 1 rings (SSSR count). The van der Waals surface area contributed by atoms with Gasteiger partial charge in [0.05, 0.1) is 5.56 Å². The second-order valence-corrected chi connectivity index (χ2v) is 2.14. The maximum absolute atomic E-state index is 10.5. The number of aromatic nitrogens is 2. The van der Waals surface area contributed by atoms with Crippen molar-refractivity contribution in [2.75, 3.05) is 5.32 Å². The van der Waals surface area contributed by atoms with Crippen molar-refractivity contribution in [3.8, 4) is 0 Å². The highest BCUT2D eigenvalue weighted by atomic mass is 16.1. The first kappa shape index (κ1) is 8.32. The van der Waals surface area contributed by atoms with Gasteiger partial charge in [0, 0.05) is 19.3 Å². The van der Waals surface area contributed by atoms with Crippen molar-refractivity contribution >= 4 is 18.1 Å². The van der Waals surface area contributed by atoms with Crippen molar-refractivity contribution in [1.29, 1.82) is 0 Å². The first-order chi connectivity index (χ1) is 5.72. The van der Waals surface area contributed by atoms with Crippen LogP contribution in [0.15, 0.2) is 12.4 Å². The average Bonchev–Trinajstić information content (AvgIpc) is 2.05. The molecule has 1 aromatic heterocycles. The molecule has 1 heterocycles. The van der Waals surface area contributed by atoms with E-state index in [9.17, 15) is 9.59 Å². The van der Waals surface area contributed by atoms with Crippen molar-refractivity contribution in [2.45, 2.75) is 6.92 Å². The lowest BCUT2D eigenvalue weighted by atomic mass is 10.4. The third-order valence-corrected chi connectivity index (χ3v) is 1.10. The normalized spacial score (nSPS) is 9.08. The van der Waals surface area contributed by atoms with Gasteiger partial charge in [-0.2, -0.15) is 0 Å². The summed E-state index contributed by atoms with van der Waals surface area (Å²) in [5, 5.41) is 2.38. The lowest BCUT2D eigenvalue weighted by Gasteiger charge is -1.97. The number of hydrogen-bond acceptors (Lipinski definition) is 4. The van der Waals surface area contributed by atoms with Crippen molar-refractivity contribution in [3.05, 3.63) is 18.0 Å². The number of rotatable bonds is 2. The average molecular weight is 165 g/mol. The van der Waals surface area contributed by atoms with Gasteiger partial charge in [-0.25, -0.2) is 9.97 Å². The fourth-order valence-corrected chi connectivity index (χ4v) is 0.621. The highest BCUT2D eigenvalue weighted by Gasteiger charge is 1.97. The predicted molar refractivity (Wildman–Crippen MR) is 41.7 cm³/mol. The summed E-state index contributed by atoms with van der Waals surface area (Å²) in [5.41, 5.74) is 0.379. The fraction of sp³-hybridized carbons (Fsp3) is 0.143. The van der Waals surface area contributed by atoms with Crippen LogP contribution < -0.4 is 5.32 Å². The Bertz CT molecular complexity index is 294. The number of nitrogens with one attached hydrogen (secondary N) is 1. The molecule has 0 spiro atoms. The summed E-state index contributed by atoms with van der Waals surface area (Å²) in [5.74, 6) is -0.0399. The van der Waals surface area contributed by atoms with Crippen LogP contribution in [0.4, 0.5) is 5.95 Å². The molecule has 1 aromatic rings. The molecule has 12 heavy (non-hydrogen) atoms. The molecular weight excluding hydrogens is 158 g/mol. The van der Waals surface area contributed by atoms with Crippen LogP contribution in [0.2, 0.25) is 0 Å². The summed E-state index contributed by atoms with van der Waals surface area (Å²) in [6, 6.07) is 0. The Morgan fingerprint density at radius 3 is 2.50 bits per heavy atom. The molecule has 1 amide bonds. The number of carbonyl (C=O) groups is 2. The molecule has 0 fully saturated rings. The monoisotopic (exact) mass is 165 g/mol. The van der Waals surface area contributed by atoms with Gasteiger partial charge in [-0.3, -0.25) is 14.9 Å². The van der Waals surface area contributed by atoms with E-state index in [-0.39, 0.29) is 11.9 Å². The van der Waals surface area contributed by atoms with Gasteiger partial charge < -0.3 is 0 Å². The number of anilines is 1. The molecule has 0 aliphatic heterocycles. The molecule has 0 aliphatic rings. The first-order valence-electron chi connectivity index (χ1n) is 3.27. The van der Waals surface area contributed by atoms with Crippen LogP contribution in [0.1, 0.15) is 17.3 Å². The van der Waals surface area contributed by atoms with Gasteiger partial charge >= 0.3 is 0 Å². The number of amides is 1. The molecule has 0 aromatic carbocycles. The molecule has 0 aliphatic carbocycles. The Morgan fingerprint density at radius 2 is 2.08 bits per heavy atom. The lowest BCUT2D eigenvalue weighted by Crippen LogP contribution is -2.09.